The van der Waals surface area contributed by atoms with Crippen LogP contribution in [0.25, 0.3) is 0 Å². The van der Waals surface area contributed by atoms with Crippen molar-refractivity contribution in [2.24, 2.45) is 5.92 Å². The van der Waals surface area contributed by atoms with Crippen LogP contribution in [0.2, 0.25) is 0 Å². The van der Waals surface area contributed by atoms with Crippen LogP contribution in [0.5, 0.6) is 5.75 Å². The Bertz CT molecular complexity index is 1110. The fourth-order valence-electron chi connectivity index (χ4n) is 4.26. The largest absolute Gasteiger partial charge is 0.496 e. The molecule has 2 N–H and O–H groups in total. The predicted octanol–water partition coefficient (Wildman–Crippen LogP) is 3.37. The van der Waals surface area contributed by atoms with Gasteiger partial charge in [0, 0.05) is 37.2 Å². The average molecular weight is 484 g/mol. The van der Waals surface area contributed by atoms with Gasteiger partial charge in [0.25, 0.3) is 11.8 Å². The molecule has 0 bridgehead atoms. The van der Waals surface area contributed by atoms with Crippen molar-refractivity contribution in [3.63, 3.8) is 0 Å². The molecule has 1 aromatic heterocycles. The summed E-state index contributed by atoms with van der Waals surface area (Å²) < 4.78 is 12.9. The molecule has 8 heteroatoms. The van der Waals surface area contributed by atoms with E-state index in [1.165, 1.54) is 12.4 Å². The second-order valence-corrected chi connectivity index (χ2v) is 10.1. The molecule has 190 valence electrons. The third kappa shape index (κ3) is 7.18. The van der Waals surface area contributed by atoms with Crippen LogP contribution in [0.1, 0.15) is 73.2 Å². The molecule has 2 aromatic rings. The highest BCUT2D eigenvalue weighted by Gasteiger charge is 2.30. The van der Waals surface area contributed by atoms with Gasteiger partial charge in [-0.15, -0.1) is 0 Å². The average Bonchev–Trinajstić information content (AvgIpc) is 2.79. The molecule has 1 aromatic carbocycles. The van der Waals surface area contributed by atoms with Crippen molar-refractivity contribution in [1.82, 2.24) is 15.2 Å². The minimum absolute atomic E-state index is 0.0522. The number of nitrogens with one attached hydrogen (secondary N) is 2. The van der Waals surface area contributed by atoms with E-state index in [1.807, 2.05) is 38.1 Å². The summed E-state index contributed by atoms with van der Waals surface area (Å²) in [6.45, 7) is 9.41. The molecule has 0 saturated carbocycles. The highest BCUT2D eigenvalue weighted by atomic mass is 16.5. The molecule has 1 fully saturated rings. The molecular weight excluding hydrogens is 446 g/mol. The summed E-state index contributed by atoms with van der Waals surface area (Å²) in [7, 11) is 1.59. The van der Waals surface area contributed by atoms with Crippen LogP contribution in [-0.4, -0.2) is 48.3 Å². The number of para-hydroxylation sites is 1. The van der Waals surface area contributed by atoms with Crippen LogP contribution in [0, 0.1) is 5.92 Å². The minimum Gasteiger partial charge on any atom is -0.496 e. The number of pyridine rings is 1. The van der Waals surface area contributed by atoms with E-state index in [0.717, 1.165) is 12.0 Å². The SMILES string of the molecule is COc1ccccc1Cn1cc(C(=O)NCCC(C)C)c(=O)c(C(=O)N[C@H]2CCOC(C)(C)C2)c1. The molecule has 35 heavy (non-hydrogen) atoms. The van der Waals surface area contributed by atoms with Gasteiger partial charge in [0.2, 0.25) is 5.43 Å². The van der Waals surface area contributed by atoms with E-state index >= 15 is 0 Å². The fraction of sp³-hybridized carbons (Fsp3) is 0.519. The van der Waals surface area contributed by atoms with Crippen LogP contribution in [0.3, 0.4) is 0 Å². The van der Waals surface area contributed by atoms with Gasteiger partial charge in [-0.05, 0) is 45.1 Å². The lowest BCUT2D eigenvalue weighted by Gasteiger charge is -2.35. The van der Waals surface area contributed by atoms with E-state index in [1.54, 1.807) is 11.7 Å². The summed E-state index contributed by atoms with van der Waals surface area (Å²) in [4.78, 5) is 39.4. The molecule has 0 spiro atoms. The highest BCUT2D eigenvalue weighted by Crippen LogP contribution is 2.24. The number of carbonyl (C=O) groups is 2. The number of hydrogen-bond acceptors (Lipinski definition) is 5. The lowest BCUT2D eigenvalue weighted by atomic mass is 9.93. The van der Waals surface area contributed by atoms with Crippen molar-refractivity contribution >= 4 is 11.8 Å². The maximum atomic E-state index is 13.3. The second kappa shape index (κ2) is 11.5. The van der Waals surface area contributed by atoms with Crippen molar-refractivity contribution in [3.8, 4) is 5.75 Å². The number of ether oxygens (including phenoxy) is 2. The van der Waals surface area contributed by atoms with Gasteiger partial charge in [-0.25, -0.2) is 0 Å². The van der Waals surface area contributed by atoms with E-state index in [4.69, 9.17) is 9.47 Å². The minimum atomic E-state index is -0.577. The topological polar surface area (TPSA) is 98.7 Å². The van der Waals surface area contributed by atoms with Crippen molar-refractivity contribution in [2.45, 2.75) is 65.1 Å². The Balaban J connectivity index is 1.93. The predicted molar refractivity (Wildman–Crippen MR) is 135 cm³/mol. The third-order valence-electron chi connectivity index (χ3n) is 6.15. The number of nitrogens with zero attached hydrogens (tertiary/aromatic N) is 1. The van der Waals surface area contributed by atoms with Gasteiger partial charge in [0.1, 0.15) is 16.9 Å². The van der Waals surface area contributed by atoms with Gasteiger partial charge in [0.15, 0.2) is 0 Å². The molecule has 0 aliphatic carbocycles. The summed E-state index contributed by atoms with van der Waals surface area (Å²) in [5.74, 6) is 0.137. The van der Waals surface area contributed by atoms with Crippen LogP contribution >= 0.6 is 0 Å². The molecule has 8 nitrogen and oxygen atoms in total. The Hall–Kier alpha value is -3.13. The van der Waals surface area contributed by atoms with Crippen LogP contribution in [0.4, 0.5) is 0 Å². The first-order chi connectivity index (χ1) is 16.6. The van der Waals surface area contributed by atoms with E-state index < -0.39 is 17.2 Å². The number of aromatic nitrogens is 1. The van der Waals surface area contributed by atoms with Gasteiger partial charge in [0.05, 0.1) is 19.3 Å². The zero-order valence-electron chi connectivity index (χ0n) is 21.3. The molecule has 2 heterocycles. The number of methoxy groups -OCH3 is 1. The Morgan fingerprint density at radius 1 is 1.17 bits per heavy atom. The van der Waals surface area contributed by atoms with E-state index in [-0.39, 0.29) is 22.8 Å². The van der Waals surface area contributed by atoms with Gasteiger partial charge < -0.3 is 24.7 Å². The first-order valence-electron chi connectivity index (χ1n) is 12.2. The Morgan fingerprint density at radius 3 is 2.51 bits per heavy atom. The highest BCUT2D eigenvalue weighted by molar-refractivity contribution is 5.99. The molecule has 2 amide bonds. The van der Waals surface area contributed by atoms with E-state index in [0.29, 0.717) is 44.2 Å². The molecule has 0 radical (unpaired) electrons. The Labute approximate surface area is 207 Å². The Kier molecular flexibility index (Phi) is 8.72. The molecule has 0 unspecified atom stereocenters. The van der Waals surface area contributed by atoms with Gasteiger partial charge in [-0.1, -0.05) is 32.0 Å². The van der Waals surface area contributed by atoms with Crippen molar-refractivity contribution in [3.05, 3.63) is 63.6 Å². The van der Waals surface area contributed by atoms with Crippen LogP contribution < -0.4 is 20.8 Å². The van der Waals surface area contributed by atoms with Gasteiger partial charge >= 0.3 is 0 Å². The molecule has 1 aliphatic heterocycles. The van der Waals surface area contributed by atoms with E-state index in [9.17, 15) is 14.4 Å². The first-order valence-corrected chi connectivity index (χ1v) is 12.2. The smallest absolute Gasteiger partial charge is 0.256 e. The van der Waals surface area contributed by atoms with E-state index in [2.05, 4.69) is 24.5 Å². The number of carbonyl (C=O) groups excluding carboxylic acids is 2. The number of amides is 2. The molecule has 1 saturated heterocycles. The standard InChI is InChI=1S/C27H37N3O5/c1-18(2)10-12-28-25(32)21-16-30(15-19-8-6-7-9-23(19)34-5)17-22(24(21)31)26(33)29-20-11-13-35-27(3,4)14-20/h6-9,16-18,20H,10-15H2,1-5H3,(H,28,32)(H,29,33)/t20-/m0/s1. The second-order valence-electron chi connectivity index (χ2n) is 10.1. The Morgan fingerprint density at radius 2 is 1.86 bits per heavy atom. The lowest BCUT2D eigenvalue weighted by molar-refractivity contribution is -0.0615. The monoisotopic (exact) mass is 483 g/mol. The first kappa shape index (κ1) is 26.5. The van der Waals surface area contributed by atoms with Gasteiger partial charge in [-0.3, -0.25) is 14.4 Å². The normalized spacial score (nSPS) is 17.1. The molecule has 1 aliphatic rings. The van der Waals surface area contributed by atoms with Crippen molar-refractivity contribution < 1.29 is 19.1 Å². The maximum absolute atomic E-state index is 13.3. The summed E-state index contributed by atoms with van der Waals surface area (Å²) in [6, 6.07) is 7.40. The van der Waals surface area contributed by atoms with Crippen molar-refractivity contribution in [1.29, 1.82) is 0 Å². The zero-order chi connectivity index (χ0) is 25.6. The number of rotatable bonds is 9. The molecule has 1 atom stereocenters. The number of benzene rings is 1. The molecule has 3 rings (SSSR count). The van der Waals surface area contributed by atoms with Crippen LogP contribution in [0.15, 0.2) is 41.5 Å². The molecular formula is C27H37N3O5. The zero-order valence-corrected chi connectivity index (χ0v) is 21.3. The summed E-state index contributed by atoms with van der Waals surface area (Å²) in [5, 5.41) is 5.80. The quantitative estimate of drug-likeness (QED) is 0.570. The third-order valence-corrected chi connectivity index (χ3v) is 6.15. The fourth-order valence-corrected chi connectivity index (χ4v) is 4.26. The lowest BCUT2D eigenvalue weighted by Crippen LogP contribution is -2.47. The summed E-state index contributed by atoms with van der Waals surface area (Å²) in [6.07, 6.45) is 5.12. The maximum Gasteiger partial charge on any atom is 0.256 e. The summed E-state index contributed by atoms with van der Waals surface area (Å²) in [5.41, 5.74) is -0.169. The number of hydrogen-bond donors (Lipinski definition) is 2. The van der Waals surface area contributed by atoms with Crippen molar-refractivity contribution in [2.75, 3.05) is 20.3 Å². The van der Waals surface area contributed by atoms with Crippen LogP contribution in [-0.2, 0) is 11.3 Å². The van der Waals surface area contributed by atoms with Gasteiger partial charge in [-0.2, -0.15) is 0 Å². The summed E-state index contributed by atoms with van der Waals surface area (Å²) >= 11 is 0.